The Morgan fingerprint density at radius 1 is 0.690 bits per heavy atom. The molecule has 0 saturated carbocycles. The Bertz CT molecular complexity index is 900. The van der Waals surface area contributed by atoms with E-state index in [1.165, 1.54) is 0 Å². The Labute approximate surface area is 171 Å². The molecule has 0 aliphatic carbocycles. The van der Waals surface area contributed by atoms with Gasteiger partial charge < -0.3 is 19.8 Å². The largest absolute Gasteiger partial charge is 2.00 e. The van der Waals surface area contributed by atoms with E-state index in [0.29, 0.717) is 0 Å². The van der Waals surface area contributed by atoms with Gasteiger partial charge in [0.05, 0.1) is 11.0 Å². The predicted molar refractivity (Wildman–Crippen MR) is 79.2 cm³/mol. The zero-order valence-corrected chi connectivity index (χ0v) is 15.3. The second-order valence-corrected chi connectivity index (χ2v) is 4.79. The van der Waals surface area contributed by atoms with Crippen LogP contribution in [0.5, 0.6) is 0 Å². The minimum absolute atomic E-state index is 0. The number of aliphatic carboxylic acids is 2. The summed E-state index contributed by atoms with van der Waals surface area (Å²) in [5, 5.41) is 19.8. The molecule has 0 radical (unpaired) electrons. The van der Waals surface area contributed by atoms with Crippen LogP contribution in [0.15, 0.2) is 48.8 Å². The maximum Gasteiger partial charge on any atom is 2.00 e. The van der Waals surface area contributed by atoms with Crippen LogP contribution >= 0.6 is 0 Å². The van der Waals surface area contributed by atoms with Gasteiger partial charge in [-0.1, -0.05) is 24.3 Å². The standard InChI is InChI=1S/C12H8N2.2C2HF3O2.Pd/c1-3-9-5-6-10-4-2-8-14-12(10)11(9)13-7-1;2*3-2(4,5)1(6)7;/h1-8H;2*(H,6,7);/q;;;+2/p-2. The molecule has 0 bridgehead atoms. The molecule has 13 heteroatoms. The molecule has 0 unspecified atom stereocenters. The topological polar surface area (TPSA) is 106 Å². The summed E-state index contributed by atoms with van der Waals surface area (Å²) in [5.74, 6) is -6.01. The van der Waals surface area contributed by atoms with E-state index in [4.69, 9.17) is 19.8 Å². The van der Waals surface area contributed by atoms with Crippen molar-refractivity contribution in [1.82, 2.24) is 9.97 Å². The van der Waals surface area contributed by atoms with Gasteiger partial charge in [0.2, 0.25) is 0 Å². The third kappa shape index (κ3) is 8.41. The molecule has 3 aromatic rings. The summed E-state index contributed by atoms with van der Waals surface area (Å²) in [6.45, 7) is 0. The van der Waals surface area contributed by atoms with Crippen molar-refractivity contribution in [2.24, 2.45) is 0 Å². The number of nitrogens with zero attached hydrogens (tertiary/aromatic N) is 2. The first kappa shape index (κ1) is 26.2. The molecule has 29 heavy (non-hydrogen) atoms. The van der Waals surface area contributed by atoms with Gasteiger partial charge in [0, 0.05) is 23.2 Å². The molecule has 2 aromatic heterocycles. The van der Waals surface area contributed by atoms with Crippen LogP contribution in [0.4, 0.5) is 26.3 Å². The second-order valence-electron chi connectivity index (χ2n) is 4.79. The molecule has 0 atom stereocenters. The number of carboxylic acid groups (broad SMARTS) is 2. The fraction of sp³-hybridized carbons (Fsp3) is 0.125. The fourth-order valence-electron chi connectivity index (χ4n) is 1.68. The van der Waals surface area contributed by atoms with E-state index in [1.54, 1.807) is 12.4 Å². The molecule has 158 valence electrons. The van der Waals surface area contributed by atoms with Crippen molar-refractivity contribution in [3.8, 4) is 0 Å². The Kier molecular flexibility index (Phi) is 9.66. The monoisotopic (exact) mass is 512 g/mol. The summed E-state index contributed by atoms with van der Waals surface area (Å²) in [6.07, 6.45) is -6.78. The maximum absolute atomic E-state index is 10.5. The number of carbonyl (C=O) groups is 2. The third-order valence-corrected chi connectivity index (χ3v) is 2.81. The van der Waals surface area contributed by atoms with Crippen molar-refractivity contribution in [3.05, 3.63) is 48.8 Å². The molecular weight excluding hydrogens is 505 g/mol. The number of carboxylic acids is 2. The molecule has 1 aromatic carbocycles. The van der Waals surface area contributed by atoms with E-state index in [0.717, 1.165) is 21.8 Å². The minimum Gasteiger partial charge on any atom is -0.542 e. The quantitative estimate of drug-likeness (QED) is 0.256. The molecule has 0 amide bonds. The van der Waals surface area contributed by atoms with Crippen molar-refractivity contribution in [3.63, 3.8) is 0 Å². The Morgan fingerprint density at radius 3 is 1.21 bits per heavy atom. The van der Waals surface area contributed by atoms with E-state index < -0.39 is 24.3 Å². The summed E-state index contributed by atoms with van der Waals surface area (Å²) >= 11 is 0. The molecule has 0 saturated heterocycles. The van der Waals surface area contributed by atoms with Crippen LogP contribution in [-0.2, 0) is 30.0 Å². The van der Waals surface area contributed by atoms with Crippen molar-refractivity contribution in [1.29, 1.82) is 0 Å². The van der Waals surface area contributed by atoms with Crippen molar-refractivity contribution in [2.75, 3.05) is 0 Å². The Morgan fingerprint density at radius 2 is 0.966 bits per heavy atom. The van der Waals surface area contributed by atoms with Crippen LogP contribution in [0.2, 0.25) is 0 Å². The van der Waals surface area contributed by atoms with E-state index in [9.17, 15) is 26.3 Å². The number of hydrogen-bond acceptors (Lipinski definition) is 6. The van der Waals surface area contributed by atoms with Crippen LogP contribution in [0, 0.1) is 0 Å². The summed E-state index contributed by atoms with van der Waals surface area (Å²) in [4.78, 5) is 26.3. The molecule has 0 aliphatic rings. The first-order chi connectivity index (χ1) is 12.8. The average molecular weight is 513 g/mol. The van der Waals surface area contributed by atoms with Gasteiger partial charge in [-0.25, -0.2) is 0 Å². The summed E-state index contributed by atoms with van der Waals surface area (Å²) < 4.78 is 63.1. The second kappa shape index (κ2) is 10.7. The molecule has 6 nitrogen and oxygen atoms in total. The minimum atomic E-state index is -5.19. The summed E-state index contributed by atoms with van der Waals surface area (Å²) in [6, 6.07) is 12.1. The molecule has 0 spiro atoms. The van der Waals surface area contributed by atoms with Crippen LogP contribution in [0.1, 0.15) is 0 Å². The van der Waals surface area contributed by atoms with Gasteiger partial charge >= 0.3 is 32.8 Å². The van der Waals surface area contributed by atoms with Crippen LogP contribution in [-0.4, -0.2) is 34.3 Å². The Balaban J connectivity index is 0.000000451. The van der Waals surface area contributed by atoms with Gasteiger partial charge in [0.15, 0.2) is 0 Å². The van der Waals surface area contributed by atoms with Gasteiger partial charge in [-0.2, -0.15) is 26.3 Å². The summed E-state index contributed by atoms with van der Waals surface area (Å²) in [5.41, 5.74) is 1.95. The van der Waals surface area contributed by atoms with E-state index in [2.05, 4.69) is 34.2 Å². The number of halogens is 6. The third-order valence-electron chi connectivity index (χ3n) is 2.81. The molecule has 0 aliphatic heterocycles. The van der Waals surface area contributed by atoms with E-state index in [1.807, 2.05) is 12.1 Å². The van der Waals surface area contributed by atoms with Gasteiger partial charge in [0.1, 0.15) is 11.9 Å². The molecule has 3 rings (SSSR count). The number of carbonyl (C=O) groups excluding carboxylic acids is 2. The predicted octanol–water partition coefficient (Wildman–Crippen LogP) is 1.38. The van der Waals surface area contributed by atoms with Gasteiger partial charge in [-0.05, 0) is 12.1 Å². The molecular formula is C16H8F6N2O4Pd. The zero-order valence-electron chi connectivity index (χ0n) is 13.7. The number of rotatable bonds is 0. The number of fused-ring (bicyclic) bond motifs is 3. The van der Waals surface area contributed by atoms with Crippen molar-refractivity contribution < 1.29 is 66.6 Å². The Hall–Kier alpha value is -2.78. The van der Waals surface area contributed by atoms with E-state index >= 15 is 0 Å². The normalized spacial score (nSPS) is 10.7. The first-order valence-electron chi connectivity index (χ1n) is 6.99. The number of pyridine rings is 2. The van der Waals surface area contributed by atoms with Crippen molar-refractivity contribution in [2.45, 2.75) is 12.4 Å². The maximum atomic E-state index is 10.5. The van der Waals surface area contributed by atoms with Crippen LogP contribution in [0.25, 0.3) is 21.8 Å². The smallest absolute Gasteiger partial charge is 0.542 e. The summed E-state index contributed by atoms with van der Waals surface area (Å²) in [7, 11) is 0. The number of hydrogen-bond donors (Lipinski definition) is 0. The average Bonchev–Trinajstić information content (AvgIpc) is 2.61. The fourth-order valence-corrected chi connectivity index (χ4v) is 1.68. The van der Waals surface area contributed by atoms with Crippen LogP contribution in [0.3, 0.4) is 0 Å². The first-order valence-corrected chi connectivity index (χ1v) is 6.99. The van der Waals surface area contributed by atoms with Gasteiger partial charge in [0.25, 0.3) is 0 Å². The molecule has 0 N–H and O–H groups in total. The SMILES string of the molecule is O=C([O-])C(F)(F)F.O=C([O-])C(F)(F)F.[Pd+2].c1cnc2c(c1)ccc1cccnc12. The van der Waals surface area contributed by atoms with E-state index in [-0.39, 0.29) is 20.4 Å². The van der Waals surface area contributed by atoms with Crippen LogP contribution < -0.4 is 10.2 Å². The molecule has 0 fully saturated rings. The zero-order chi connectivity index (χ0) is 21.5. The number of alkyl halides is 6. The van der Waals surface area contributed by atoms with Crippen molar-refractivity contribution >= 4 is 33.7 Å². The molecule has 2 heterocycles. The number of aromatic nitrogens is 2. The van der Waals surface area contributed by atoms with Gasteiger partial charge in [-0.3, -0.25) is 9.97 Å². The number of benzene rings is 1. The van der Waals surface area contributed by atoms with Gasteiger partial charge in [-0.15, -0.1) is 0 Å².